The maximum Gasteiger partial charge on any atom is 0.330 e. The molecule has 0 saturated carbocycles. The molecule has 1 aromatic heterocycles. The van der Waals surface area contributed by atoms with Crippen LogP contribution in [0.2, 0.25) is 0 Å². The molecule has 3 N–H and O–H groups in total. The highest BCUT2D eigenvalue weighted by Gasteiger charge is 2.29. The molecular formula is C22H31N5O3. The summed E-state index contributed by atoms with van der Waals surface area (Å²) in [6, 6.07) is 8.30. The first-order valence-corrected chi connectivity index (χ1v) is 10.7. The molecule has 2 heterocycles. The van der Waals surface area contributed by atoms with Crippen molar-refractivity contribution in [1.82, 2.24) is 9.55 Å². The third kappa shape index (κ3) is 4.13. The van der Waals surface area contributed by atoms with Crippen LogP contribution in [-0.2, 0) is 17.8 Å². The largest absolute Gasteiger partial charge is 0.383 e. The predicted molar refractivity (Wildman–Crippen MR) is 120 cm³/mol. The summed E-state index contributed by atoms with van der Waals surface area (Å²) in [5.41, 5.74) is 7.36. The molecular weight excluding hydrogens is 382 g/mol. The van der Waals surface area contributed by atoms with Crippen LogP contribution in [-0.4, -0.2) is 34.6 Å². The number of benzene rings is 1. The molecule has 1 aliphatic heterocycles. The summed E-state index contributed by atoms with van der Waals surface area (Å²) in [5, 5.41) is 0. The van der Waals surface area contributed by atoms with E-state index in [9.17, 15) is 14.4 Å². The van der Waals surface area contributed by atoms with Gasteiger partial charge < -0.3 is 15.5 Å². The number of likely N-dealkylation sites (N-methyl/N-ethyl adjacent to an activating group) is 1. The molecule has 0 saturated heterocycles. The van der Waals surface area contributed by atoms with Crippen molar-refractivity contribution in [3.63, 3.8) is 0 Å². The summed E-state index contributed by atoms with van der Waals surface area (Å²) >= 11 is 0. The van der Waals surface area contributed by atoms with Gasteiger partial charge in [-0.25, -0.2) is 4.79 Å². The maximum absolute atomic E-state index is 13.3. The quantitative estimate of drug-likeness (QED) is 0.723. The van der Waals surface area contributed by atoms with Gasteiger partial charge in [0.25, 0.3) is 5.56 Å². The number of carbonyl (C=O) groups is 1. The molecule has 0 bridgehead atoms. The topological polar surface area (TPSA) is 104 Å². The number of nitrogens with two attached hydrogens (primary N) is 1. The van der Waals surface area contributed by atoms with E-state index in [0.717, 1.165) is 31.4 Å². The number of rotatable bonds is 7. The molecule has 8 heteroatoms. The van der Waals surface area contributed by atoms with Gasteiger partial charge in [0.05, 0.1) is 6.54 Å². The van der Waals surface area contributed by atoms with Crippen molar-refractivity contribution in [1.29, 1.82) is 0 Å². The number of aromatic amines is 1. The number of anilines is 3. The number of hydrogen-bond acceptors (Lipinski definition) is 5. The minimum atomic E-state index is -0.632. The lowest BCUT2D eigenvalue weighted by Gasteiger charge is -2.37. The zero-order valence-corrected chi connectivity index (χ0v) is 18.0. The van der Waals surface area contributed by atoms with Gasteiger partial charge in [0, 0.05) is 24.8 Å². The zero-order valence-electron chi connectivity index (χ0n) is 18.0. The lowest BCUT2D eigenvalue weighted by Crippen LogP contribution is -2.48. The molecule has 1 amide bonds. The van der Waals surface area contributed by atoms with Crippen LogP contribution in [0.25, 0.3) is 0 Å². The number of nitrogens with zero attached hydrogens (tertiary/aromatic N) is 3. The van der Waals surface area contributed by atoms with Gasteiger partial charge in [0.1, 0.15) is 5.82 Å². The minimum absolute atomic E-state index is 0.0412. The van der Waals surface area contributed by atoms with E-state index in [4.69, 9.17) is 5.73 Å². The van der Waals surface area contributed by atoms with Gasteiger partial charge >= 0.3 is 5.69 Å². The van der Waals surface area contributed by atoms with Crippen molar-refractivity contribution in [2.24, 2.45) is 0 Å². The van der Waals surface area contributed by atoms with Crippen molar-refractivity contribution >= 4 is 23.1 Å². The van der Waals surface area contributed by atoms with E-state index in [2.05, 4.69) is 22.9 Å². The summed E-state index contributed by atoms with van der Waals surface area (Å²) < 4.78 is 1.34. The third-order valence-electron chi connectivity index (χ3n) is 5.81. The van der Waals surface area contributed by atoms with Gasteiger partial charge in [0.2, 0.25) is 5.91 Å². The fraction of sp³-hybridized carbons (Fsp3) is 0.500. The highest BCUT2D eigenvalue weighted by atomic mass is 16.2. The molecule has 162 valence electrons. The Kier molecular flexibility index (Phi) is 6.64. The highest BCUT2D eigenvalue weighted by molar-refractivity contribution is 5.98. The number of para-hydroxylation sites is 1. The van der Waals surface area contributed by atoms with Gasteiger partial charge in [0.15, 0.2) is 5.69 Å². The number of aryl methyl sites for hydroxylation is 1. The van der Waals surface area contributed by atoms with E-state index in [0.29, 0.717) is 6.54 Å². The van der Waals surface area contributed by atoms with Gasteiger partial charge in [-0.2, -0.15) is 0 Å². The summed E-state index contributed by atoms with van der Waals surface area (Å²) in [6.07, 6.45) is 3.57. The third-order valence-corrected chi connectivity index (χ3v) is 5.81. The highest BCUT2D eigenvalue weighted by Crippen LogP contribution is 2.30. The molecule has 1 atom stereocenters. The Hall–Kier alpha value is -3.03. The minimum Gasteiger partial charge on any atom is -0.383 e. The normalized spacial score (nSPS) is 15.7. The SMILES string of the molecule is CCCCn1c(N)c(N(CC)C(=O)CN2c3ccccc3CC[C@H]2C)c(=O)[nH]c1=O. The summed E-state index contributed by atoms with van der Waals surface area (Å²) in [5.74, 6) is -0.182. The second kappa shape index (κ2) is 9.19. The summed E-state index contributed by atoms with van der Waals surface area (Å²) in [4.78, 5) is 43.9. The van der Waals surface area contributed by atoms with Gasteiger partial charge in [-0.15, -0.1) is 0 Å². The molecule has 0 radical (unpaired) electrons. The van der Waals surface area contributed by atoms with Crippen molar-refractivity contribution in [3.05, 3.63) is 50.7 Å². The van der Waals surface area contributed by atoms with E-state index in [-0.39, 0.29) is 36.5 Å². The van der Waals surface area contributed by atoms with Crippen LogP contribution in [0.5, 0.6) is 0 Å². The number of H-pyrrole nitrogens is 1. The molecule has 1 aliphatic rings. The van der Waals surface area contributed by atoms with Crippen LogP contribution in [0.15, 0.2) is 33.9 Å². The first-order valence-electron chi connectivity index (χ1n) is 10.7. The lowest BCUT2D eigenvalue weighted by molar-refractivity contribution is -0.117. The number of aromatic nitrogens is 2. The number of amides is 1. The number of carbonyl (C=O) groups excluding carboxylic acids is 1. The number of unbranched alkanes of at least 4 members (excludes halogenated alkanes) is 1. The smallest absolute Gasteiger partial charge is 0.330 e. The Balaban J connectivity index is 1.94. The summed E-state index contributed by atoms with van der Waals surface area (Å²) in [6.45, 7) is 6.72. The van der Waals surface area contributed by atoms with Crippen LogP contribution in [0, 0.1) is 0 Å². The number of nitrogen functional groups attached to an aromatic ring is 1. The van der Waals surface area contributed by atoms with Crippen LogP contribution >= 0.6 is 0 Å². The van der Waals surface area contributed by atoms with E-state index in [1.807, 2.05) is 25.1 Å². The average Bonchev–Trinajstić information content (AvgIpc) is 2.72. The molecule has 0 unspecified atom stereocenters. The zero-order chi connectivity index (χ0) is 21.8. The molecule has 1 aromatic carbocycles. The van der Waals surface area contributed by atoms with Gasteiger partial charge in [-0.3, -0.25) is 19.1 Å². The Morgan fingerprint density at radius 3 is 2.70 bits per heavy atom. The first kappa shape index (κ1) is 21.7. The monoisotopic (exact) mass is 413 g/mol. The lowest BCUT2D eigenvalue weighted by atomic mass is 9.96. The fourth-order valence-electron chi connectivity index (χ4n) is 4.07. The first-order chi connectivity index (χ1) is 14.4. The van der Waals surface area contributed by atoms with Gasteiger partial charge in [-0.1, -0.05) is 31.5 Å². The van der Waals surface area contributed by atoms with E-state index >= 15 is 0 Å². The van der Waals surface area contributed by atoms with E-state index in [1.54, 1.807) is 6.92 Å². The van der Waals surface area contributed by atoms with E-state index in [1.165, 1.54) is 15.0 Å². The Morgan fingerprint density at radius 2 is 2.00 bits per heavy atom. The number of nitrogens with one attached hydrogen (secondary N) is 1. The van der Waals surface area contributed by atoms with Crippen molar-refractivity contribution < 1.29 is 4.79 Å². The second-order valence-electron chi connectivity index (χ2n) is 7.78. The second-order valence-corrected chi connectivity index (χ2v) is 7.78. The molecule has 2 aromatic rings. The van der Waals surface area contributed by atoms with E-state index < -0.39 is 11.2 Å². The maximum atomic E-state index is 13.3. The van der Waals surface area contributed by atoms with Gasteiger partial charge in [-0.05, 0) is 44.7 Å². The predicted octanol–water partition coefficient (Wildman–Crippen LogP) is 2.11. The van der Waals surface area contributed by atoms with Crippen LogP contribution in [0.4, 0.5) is 17.2 Å². The number of hydrogen-bond donors (Lipinski definition) is 2. The van der Waals surface area contributed by atoms with Crippen LogP contribution < -0.4 is 26.8 Å². The molecule has 0 fully saturated rings. The van der Waals surface area contributed by atoms with Crippen molar-refractivity contribution in [2.75, 3.05) is 28.6 Å². The standard InChI is InChI=1S/C22H31N5O3/c1-4-6-13-26-20(23)19(21(29)24-22(26)30)25(5-2)18(28)14-27-15(3)11-12-16-9-7-8-10-17(16)27/h7-10,15H,4-6,11-14,23H2,1-3H3,(H,24,29,30)/t15-/m1/s1. The molecule has 3 rings (SSSR count). The number of fused-ring (bicyclic) bond motifs is 1. The fourth-order valence-corrected chi connectivity index (χ4v) is 4.07. The van der Waals surface area contributed by atoms with Crippen LogP contribution in [0.1, 0.15) is 45.6 Å². The Labute approximate surface area is 176 Å². The Morgan fingerprint density at radius 1 is 1.27 bits per heavy atom. The molecule has 30 heavy (non-hydrogen) atoms. The Bertz CT molecular complexity index is 1030. The average molecular weight is 414 g/mol. The van der Waals surface area contributed by atoms with Crippen molar-refractivity contribution in [2.45, 2.75) is 59.0 Å². The molecule has 0 spiro atoms. The molecule has 8 nitrogen and oxygen atoms in total. The molecule has 0 aliphatic carbocycles. The van der Waals surface area contributed by atoms with Crippen molar-refractivity contribution in [3.8, 4) is 0 Å². The van der Waals surface area contributed by atoms with Crippen LogP contribution in [0.3, 0.4) is 0 Å². The summed E-state index contributed by atoms with van der Waals surface area (Å²) in [7, 11) is 0.